The second-order valence-corrected chi connectivity index (χ2v) is 10.3. The quantitative estimate of drug-likeness (QED) is 0.598. The summed E-state index contributed by atoms with van der Waals surface area (Å²) in [4.78, 5) is 7.24. The van der Waals surface area contributed by atoms with Crippen LogP contribution in [-0.2, 0) is 16.2 Å². The van der Waals surface area contributed by atoms with Crippen LogP contribution in [-0.4, -0.2) is 56.1 Å². The van der Waals surface area contributed by atoms with Crippen molar-refractivity contribution in [2.24, 2.45) is 5.92 Å². The number of benzene rings is 1. The van der Waals surface area contributed by atoms with Crippen molar-refractivity contribution < 1.29 is 26.7 Å². The highest BCUT2D eigenvalue weighted by Crippen LogP contribution is 2.46. The molecule has 0 unspecified atom stereocenters. The third kappa shape index (κ3) is 3.22. The second kappa shape index (κ2) is 6.62. The number of nitrogens with two attached hydrogens (primary N) is 1. The molecule has 1 saturated carbocycles. The smallest absolute Gasteiger partial charge is 0.387 e. The molecule has 1 aliphatic carbocycles. The van der Waals surface area contributed by atoms with Crippen molar-refractivity contribution in [2.45, 2.75) is 36.4 Å². The van der Waals surface area contributed by atoms with Crippen molar-refractivity contribution in [2.75, 3.05) is 18.8 Å². The molecule has 0 radical (unpaired) electrons. The molecule has 0 atom stereocenters. The van der Waals surface area contributed by atoms with E-state index >= 15 is 0 Å². The summed E-state index contributed by atoms with van der Waals surface area (Å²) in [7, 11) is -3.90. The van der Waals surface area contributed by atoms with Crippen molar-refractivity contribution >= 4 is 21.5 Å². The summed E-state index contributed by atoms with van der Waals surface area (Å²) in [5, 5.41) is 14.0. The van der Waals surface area contributed by atoms with E-state index in [0.717, 1.165) is 17.4 Å². The standard InChI is InChI=1S/C19H19F3N6O3S/c1-10-2-5-12(32(30,31)27-8-18(29,9-27)11-3-4-11)6-13(10)14-7-24-16-15(23)25-17(19(20,21)22)26-28(14)16/h2,5-7,11,29H,3-4,8-9H2,1H3,(H2,23,25,26). The maximum absolute atomic E-state index is 13.2. The summed E-state index contributed by atoms with van der Waals surface area (Å²) in [6, 6.07) is 4.36. The Labute approximate surface area is 180 Å². The molecule has 0 spiro atoms. The lowest BCUT2D eigenvalue weighted by atomic mass is 9.91. The van der Waals surface area contributed by atoms with Gasteiger partial charge in [0.05, 0.1) is 22.4 Å². The van der Waals surface area contributed by atoms with Gasteiger partial charge in [-0.1, -0.05) is 6.07 Å². The molecule has 1 saturated heterocycles. The van der Waals surface area contributed by atoms with Crippen LogP contribution in [0, 0.1) is 12.8 Å². The number of hydrogen-bond acceptors (Lipinski definition) is 7. The molecule has 3 aromatic rings. The van der Waals surface area contributed by atoms with Crippen LogP contribution in [0.3, 0.4) is 0 Å². The first-order chi connectivity index (χ1) is 14.9. The Balaban J connectivity index is 1.56. The number of β-amino-alcohol motifs (C(OH)–C–C–N with tert-alkyl or cyclic N) is 1. The summed E-state index contributed by atoms with van der Waals surface area (Å²) < 4.78 is 67.8. The number of fused-ring (bicyclic) bond motifs is 1. The number of hydrogen-bond donors (Lipinski definition) is 2. The summed E-state index contributed by atoms with van der Waals surface area (Å²) in [5.74, 6) is -1.74. The van der Waals surface area contributed by atoms with Gasteiger partial charge in [0.15, 0.2) is 11.5 Å². The minimum Gasteiger partial charge on any atom is -0.387 e. The van der Waals surface area contributed by atoms with Gasteiger partial charge in [0.1, 0.15) is 0 Å². The van der Waals surface area contributed by atoms with E-state index in [0.29, 0.717) is 11.1 Å². The average molecular weight is 468 g/mol. The highest BCUT2D eigenvalue weighted by atomic mass is 32.2. The highest BCUT2D eigenvalue weighted by Gasteiger charge is 2.55. The van der Waals surface area contributed by atoms with Gasteiger partial charge in [-0.2, -0.15) is 17.5 Å². The monoisotopic (exact) mass is 468 g/mol. The zero-order valence-corrected chi connectivity index (χ0v) is 17.7. The van der Waals surface area contributed by atoms with Crippen LogP contribution in [0.5, 0.6) is 0 Å². The number of sulfonamides is 1. The number of imidazole rings is 1. The highest BCUT2D eigenvalue weighted by molar-refractivity contribution is 7.89. The van der Waals surface area contributed by atoms with Crippen LogP contribution in [0.2, 0.25) is 0 Å². The largest absolute Gasteiger partial charge is 0.453 e. The van der Waals surface area contributed by atoms with E-state index in [4.69, 9.17) is 5.73 Å². The molecule has 32 heavy (non-hydrogen) atoms. The lowest BCUT2D eigenvalue weighted by molar-refractivity contribution is -0.145. The SMILES string of the molecule is Cc1ccc(S(=O)(=O)N2CC(O)(C3CC3)C2)cc1-c1cnc2c(N)nc(C(F)(F)F)nn12. The Morgan fingerprint density at radius 2 is 1.94 bits per heavy atom. The first-order valence-corrected chi connectivity index (χ1v) is 11.3. The van der Waals surface area contributed by atoms with E-state index in [-0.39, 0.29) is 35.2 Å². The van der Waals surface area contributed by atoms with Gasteiger partial charge in [0, 0.05) is 18.7 Å². The van der Waals surface area contributed by atoms with E-state index in [2.05, 4.69) is 15.1 Å². The zero-order chi connectivity index (χ0) is 23.1. The molecule has 0 bridgehead atoms. The van der Waals surface area contributed by atoms with Crippen LogP contribution in [0.15, 0.2) is 29.3 Å². The molecule has 1 aromatic carbocycles. The Morgan fingerprint density at radius 1 is 1.25 bits per heavy atom. The molecule has 13 heteroatoms. The fraction of sp³-hybridized carbons (Fsp3) is 0.421. The van der Waals surface area contributed by atoms with E-state index in [9.17, 15) is 26.7 Å². The van der Waals surface area contributed by atoms with Gasteiger partial charge < -0.3 is 10.8 Å². The van der Waals surface area contributed by atoms with Gasteiger partial charge in [-0.25, -0.2) is 22.9 Å². The molecule has 3 N–H and O–H groups in total. The van der Waals surface area contributed by atoms with Gasteiger partial charge in [0.2, 0.25) is 10.0 Å². The number of aryl methyl sites for hydroxylation is 1. The maximum atomic E-state index is 13.2. The number of halogens is 3. The first kappa shape index (κ1) is 21.1. The fourth-order valence-electron chi connectivity index (χ4n) is 4.01. The Kier molecular flexibility index (Phi) is 4.36. The first-order valence-electron chi connectivity index (χ1n) is 9.82. The molecule has 2 aliphatic rings. The molecule has 1 aliphatic heterocycles. The number of aromatic nitrogens is 4. The van der Waals surface area contributed by atoms with Crippen LogP contribution in [0.4, 0.5) is 19.0 Å². The number of nitrogen functional groups attached to an aromatic ring is 1. The van der Waals surface area contributed by atoms with E-state index < -0.39 is 33.4 Å². The van der Waals surface area contributed by atoms with Crippen molar-refractivity contribution in [1.82, 2.24) is 23.9 Å². The zero-order valence-electron chi connectivity index (χ0n) is 16.8. The Bertz CT molecular complexity index is 1340. The van der Waals surface area contributed by atoms with Crippen molar-refractivity contribution in [1.29, 1.82) is 0 Å². The van der Waals surface area contributed by atoms with Crippen molar-refractivity contribution in [3.05, 3.63) is 35.8 Å². The van der Waals surface area contributed by atoms with Gasteiger partial charge in [-0.05, 0) is 43.4 Å². The second-order valence-electron chi connectivity index (χ2n) is 8.32. The van der Waals surface area contributed by atoms with Crippen molar-refractivity contribution in [3.63, 3.8) is 0 Å². The predicted octanol–water partition coefficient (Wildman–Crippen LogP) is 1.85. The molecular weight excluding hydrogens is 449 g/mol. The minimum absolute atomic E-state index is 0.0253. The summed E-state index contributed by atoms with van der Waals surface area (Å²) in [6.07, 6.45) is -1.77. The number of alkyl halides is 3. The van der Waals surface area contributed by atoms with Crippen LogP contribution in [0.1, 0.15) is 24.2 Å². The number of anilines is 1. The number of nitrogens with zero attached hydrogens (tertiary/aromatic N) is 5. The molecule has 5 rings (SSSR count). The fourth-order valence-corrected chi connectivity index (χ4v) is 5.60. The van der Waals surface area contributed by atoms with Crippen molar-refractivity contribution in [3.8, 4) is 11.3 Å². The molecule has 0 amide bonds. The molecule has 2 aromatic heterocycles. The lowest BCUT2D eigenvalue weighted by Gasteiger charge is -2.45. The molecule has 9 nitrogen and oxygen atoms in total. The van der Waals surface area contributed by atoms with E-state index in [1.165, 1.54) is 22.6 Å². The predicted molar refractivity (Wildman–Crippen MR) is 107 cm³/mol. The number of rotatable bonds is 4. The summed E-state index contributed by atoms with van der Waals surface area (Å²) in [6.45, 7) is 1.74. The van der Waals surface area contributed by atoms with Crippen LogP contribution < -0.4 is 5.73 Å². The minimum atomic E-state index is -4.82. The number of aliphatic hydroxyl groups is 1. The topological polar surface area (TPSA) is 127 Å². The van der Waals surface area contributed by atoms with Gasteiger partial charge in [0.25, 0.3) is 5.82 Å². The third-order valence-electron chi connectivity index (χ3n) is 6.00. The summed E-state index contributed by atoms with van der Waals surface area (Å²) >= 11 is 0. The van der Waals surface area contributed by atoms with E-state index in [1.807, 2.05) is 0 Å². The van der Waals surface area contributed by atoms with Crippen LogP contribution >= 0.6 is 0 Å². The van der Waals surface area contributed by atoms with Gasteiger partial charge >= 0.3 is 6.18 Å². The lowest BCUT2D eigenvalue weighted by Crippen LogP contribution is -2.64. The third-order valence-corrected chi connectivity index (χ3v) is 7.79. The molecule has 2 fully saturated rings. The Morgan fingerprint density at radius 3 is 2.56 bits per heavy atom. The van der Waals surface area contributed by atoms with Gasteiger partial charge in [-0.15, -0.1) is 5.10 Å². The molecular formula is C19H19F3N6O3S. The normalized spacial score (nSPS) is 19.3. The average Bonchev–Trinajstić information content (AvgIpc) is 3.45. The molecule has 170 valence electrons. The van der Waals surface area contributed by atoms with E-state index in [1.54, 1.807) is 13.0 Å². The maximum Gasteiger partial charge on any atom is 0.453 e. The molecule has 3 heterocycles. The summed E-state index contributed by atoms with van der Waals surface area (Å²) in [5.41, 5.74) is 5.68. The van der Waals surface area contributed by atoms with Gasteiger partial charge in [-0.3, -0.25) is 0 Å². The van der Waals surface area contributed by atoms with Crippen LogP contribution in [0.25, 0.3) is 16.9 Å². The Hall–Kier alpha value is -2.77.